The van der Waals surface area contributed by atoms with Crippen LogP contribution in [0.4, 0.5) is 18.9 Å². The van der Waals surface area contributed by atoms with Gasteiger partial charge in [0.1, 0.15) is 0 Å². The van der Waals surface area contributed by atoms with Crippen molar-refractivity contribution < 1.29 is 18.3 Å². The van der Waals surface area contributed by atoms with E-state index in [0.717, 1.165) is 11.8 Å². The van der Waals surface area contributed by atoms with E-state index in [4.69, 9.17) is 5.11 Å². The van der Waals surface area contributed by atoms with Gasteiger partial charge in [0.2, 0.25) is 0 Å². The molecule has 0 radical (unpaired) electrons. The van der Waals surface area contributed by atoms with Crippen LogP contribution in [-0.2, 0) is 6.18 Å². The summed E-state index contributed by atoms with van der Waals surface area (Å²) in [5, 5.41) is 9.94. The number of rotatable bonds is 4. The highest BCUT2D eigenvalue weighted by molar-refractivity contribution is 5.88. The van der Waals surface area contributed by atoms with Crippen LogP contribution in [0.25, 0.3) is 22.0 Å². The summed E-state index contributed by atoms with van der Waals surface area (Å²) in [5.41, 5.74) is -0.476. The summed E-state index contributed by atoms with van der Waals surface area (Å²) in [7, 11) is 1.78. The van der Waals surface area contributed by atoms with Gasteiger partial charge in [0.15, 0.2) is 0 Å². The largest absolute Gasteiger partial charge is 0.417 e. The highest BCUT2D eigenvalue weighted by Gasteiger charge is 2.33. The lowest BCUT2D eigenvalue weighted by atomic mass is 10.0. The third kappa shape index (κ3) is 3.43. The molecule has 0 bridgehead atoms. The lowest BCUT2D eigenvalue weighted by Gasteiger charge is -2.18. The van der Waals surface area contributed by atoms with Gasteiger partial charge in [-0.05, 0) is 29.7 Å². The molecule has 0 unspecified atom stereocenters. The number of H-pyrrole nitrogens is 1. The van der Waals surface area contributed by atoms with Crippen molar-refractivity contribution in [2.45, 2.75) is 6.18 Å². The van der Waals surface area contributed by atoms with E-state index in [1.807, 2.05) is 0 Å². The van der Waals surface area contributed by atoms with Crippen LogP contribution in [0.3, 0.4) is 0 Å². The Labute approximate surface area is 147 Å². The minimum absolute atomic E-state index is 0.0297. The molecule has 3 aromatic rings. The van der Waals surface area contributed by atoms with Crippen molar-refractivity contribution >= 4 is 16.5 Å². The van der Waals surface area contributed by atoms with E-state index in [9.17, 15) is 18.0 Å². The minimum atomic E-state index is -4.51. The summed E-state index contributed by atoms with van der Waals surface area (Å²) in [4.78, 5) is 16.8. The average molecular weight is 362 g/mol. The first-order chi connectivity index (χ1) is 12.3. The molecule has 0 aliphatic rings. The Balaban J connectivity index is 2.14. The number of aromatic nitrogens is 1. The summed E-state index contributed by atoms with van der Waals surface area (Å²) < 4.78 is 39.7. The smallest absolute Gasteiger partial charge is 0.395 e. The van der Waals surface area contributed by atoms with Crippen LogP contribution in [-0.4, -0.2) is 30.3 Å². The van der Waals surface area contributed by atoms with Crippen molar-refractivity contribution in [2.75, 3.05) is 25.1 Å². The first kappa shape index (κ1) is 18.0. The zero-order valence-corrected chi connectivity index (χ0v) is 14.0. The van der Waals surface area contributed by atoms with Gasteiger partial charge in [0, 0.05) is 35.9 Å². The van der Waals surface area contributed by atoms with Crippen molar-refractivity contribution in [3.8, 4) is 11.3 Å². The Hall–Kier alpha value is -2.80. The number of aliphatic hydroxyl groups excluding tert-OH is 1. The third-order valence-electron chi connectivity index (χ3n) is 4.23. The number of likely N-dealkylation sites (N-methyl/N-ethyl adjacent to an activating group) is 1. The number of hydrogen-bond donors (Lipinski definition) is 2. The number of anilines is 1. The second-order valence-corrected chi connectivity index (χ2v) is 5.97. The third-order valence-corrected chi connectivity index (χ3v) is 4.23. The molecule has 0 fully saturated rings. The Morgan fingerprint density at radius 2 is 1.85 bits per heavy atom. The van der Waals surface area contributed by atoms with E-state index in [0.29, 0.717) is 17.3 Å². The molecule has 7 heteroatoms. The SMILES string of the molecule is CN(CCO)c1ccc2cc(-c3ccccc3C(F)(F)F)[nH]c(=O)c2c1. The Morgan fingerprint density at radius 1 is 1.12 bits per heavy atom. The van der Waals surface area contributed by atoms with Crippen molar-refractivity contribution in [3.05, 3.63) is 64.4 Å². The van der Waals surface area contributed by atoms with Crippen molar-refractivity contribution in [3.63, 3.8) is 0 Å². The number of aliphatic hydroxyl groups is 1. The average Bonchev–Trinajstić information content (AvgIpc) is 2.61. The fourth-order valence-electron chi connectivity index (χ4n) is 2.87. The molecule has 2 N–H and O–H groups in total. The molecule has 4 nitrogen and oxygen atoms in total. The second kappa shape index (κ2) is 6.84. The highest BCUT2D eigenvalue weighted by atomic mass is 19.4. The number of alkyl halides is 3. The predicted molar refractivity (Wildman–Crippen MR) is 95.4 cm³/mol. The van der Waals surface area contributed by atoms with Crippen LogP contribution >= 0.6 is 0 Å². The zero-order chi connectivity index (χ0) is 18.9. The molecule has 26 heavy (non-hydrogen) atoms. The number of fused-ring (bicyclic) bond motifs is 1. The van der Waals surface area contributed by atoms with E-state index in [2.05, 4.69) is 4.98 Å². The molecule has 1 aromatic heterocycles. The van der Waals surface area contributed by atoms with Gasteiger partial charge in [-0.1, -0.05) is 24.3 Å². The van der Waals surface area contributed by atoms with Crippen LogP contribution in [0.5, 0.6) is 0 Å². The molecule has 0 aliphatic heterocycles. The Bertz CT molecular complexity index is 996. The summed E-state index contributed by atoms with van der Waals surface area (Å²) in [6.45, 7) is 0.374. The number of pyridine rings is 1. The van der Waals surface area contributed by atoms with Gasteiger partial charge in [0.05, 0.1) is 12.2 Å². The van der Waals surface area contributed by atoms with Gasteiger partial charge >= 0.3 is 6.18 Å². The number of nitrogens with zero attached hydrogens (tertiary/aromatic N) is 1. The van der Waals surface area contributed by atoms with Crippen molar-refractivity contribution in [2.24, 2.45) is 0 Å². The number of aromatic amines is 1. The summed E-state index contributed by atoms with van der Waals surface area (Å²) in [5.74, 6) is 0. The maximum Gasteiger partial charge on any atom is 0.417 e. The lowest BCUT2D eigenvalue weighted by Crippen LogP contribution is -2.21. The maximum atomic E-state index is 13.2. The van der Waals surface area contributed by atoms with E-state index >= 15 is 0 Å². The molecule has 2 aromatic carbocycles. The summed E-state index contributed by atoms with van der Waals surface area (Å²) in [6.07, 6.45) is -4.51. The highest BCUT2D eigenvalue weighted by Crippen LogP contribution is 2.36. The van der Waals surface area contributed by atoms with Gasteiger partial charge < -0.3 is 15.0 Å². The van der Waals surface area contributed by atoms with Crippen LogP contribution in [0.2, 0.25) is 0 Å². The second-order valence-electron chi connectivity index (χ2n) is 5.97. The van der Waals surface area contributed by atoms with Crippen LogP contribution in [0.15, 0.2) is 53.3 Å². The summed E-state index contributed by atoms with van der Waals surface area (Å²) in [6, 6.07) is 11.8. The van der Waals surface area contributed by atoms with Crippen molar-refractivity contribution in [1.82, 2.24) is 4.98 Å². The molecule has 136 valence electrons. The van der Waals surface area contributed by atoms with Crippen LogP contribution in [0.1, 0.15) is 5.56 Å². The Morgan fingerprint density at radius 3 is 2.54 bits per heavy atom. The molecule has 0 aliphatic carbocycles. The number of halogens is 3. The molecular formula is C19H17F3N2O2. The molecule has 1 heterocycles. The fraction of sp³-hybridized carbons (Fsp3) is 0.211. The van der Waals surface area contributed by atoms with Gasteiger partial charge in [-0.25, -0.2) is 0 Å². The normalized spacial score (nSPS) is 11.7. The number of nitrogens with one attached hydrogen (secondary N) is 1. The monoisotopic (exact) mass is 362 g/mol. The van der Waals surface area contributed by atoms with E-state index < -0.39 is 17.3 Å². The first-order valence-corrected chi connectivity index (χ1v) is 7.97. The predicted octanol–water partition coefficient (Wildman–Crippen LogP) is 3.64. The fourth-order valence-corrected chi connectivity index (χ4v) is 2.87. The molecule has 0 saturated carbocycles. The Kier molecular flexibility index (Phi) is 4.73. The van der Waals surface area contributed by atoms with E-state index in [-0.39, 0.29) is 17.9 Å². The molecule has 0 atom stereocenters. The van der Waals surface area contributed by atoms with E-state index in [1.54, 1.807) is 30.1 Å². The standard InChI is InChI=1S/C19H17F3N2O2/c1-24(8-9-25)13-7-6-12-10-17(23-18(26)15(12)11-13)14-4-2-3-5-16(14)19(20,21)22/h2-7,10-11,25H,8-9H2,1H3,(H,23,26). The first-order valence-electron chi connectivity index (χ1n) is 7.97. The molecule has 3 rings (SSSR count). The maximum absolute atomic E-state index is 13.2. The van der Waals surface area contributed by atoms with Gasteiger partial charge in [0.25, 0.3) is 5.56 Å². The molecular weight excluding hydrogens is 345 g/mol. The van der Waals surface area contributed by atoms with Crippen LogP contribution in [0, 0.1) is 0 Å². The zero-order valence-electron chi connectivity index (χ0n) is 14.0. The van der Waals surface area contributed by atoms with Gasteiger partial charge in [-0.3, -0.25) is 4.79 Å². The van der Waals surface area contributed by atoms with Crippen molar-refractivity contribution in [1.29, 1.82) is 0 Å². The molecule has 0 amide bonds. The minimum Gasteiger partial charge on any atom is -0.395 e. The molecule has 0 saturated heterocycles. The van der Waals surface area contributed by atoms with Gasteiger partial charge in [-0.2, -0.15) is 13.2 Å². The van der Waals surface area contributed by atoms with Gasteiger partial charge in [-0.15, -0.1) is 0 Å². The number of hydrogen-bond acceptors (Lipinski definition) is 3. The molecule has 0 spiro atoms. The van der Waals surface area contributed by atoms with E-state index in [1.165, 1.54) is 24.3 Å². The topological polar surface area (TPSA) is 56.3 Å². The van der Waals surface area contributed by atoms with Crippen LogP contribution < -0.4 is 10.5 Å². The lowest BCUT2D eigenvalue weighted by molar-refractivity contribution is -0.137. The number of benzene rings is 2. The summed E-state index contributed by atoms with van der Waals surface area (Å²) >= 11 is 0. The quantitative estimate of drug-likeness (QED) is 0.745.